The van der Waals surface area contributed by atoms with Gasteiger partial charge in [-0.05, 0) is 30.7 Å². The normalized spacial score (nSPS) is 17.2. The standard InChI is InChI=1S/C17H18N2O3/c1-12-3-2-4-14(9-12)19-17(20)13-5-6-16(18-10-13)22-15-7-8-21-11-15/h2-6,9-10,15H,7-8,11H2,1H3,(H,19,20). The number of aromatic nitrogens is 1. The molecule has 1 aliphatic heterocycles. The SMILES string of the molecule is Cc1cccc(NC(=O)c2ccc(OC3CCOC3)nc2)c1. The lowest BCUT2D eigenvalue weighted by Gasteiger charge is -2.11. The van der Waals surface area contributed by atoms with Crippen LogP contribution in [0.2, 0.25) is 0 Å². The summed E-state index contributed by atoms with van der Waals surface area (Å²) in [7, 11) is 0. The first-order valence-electron chi connectivity index (χ1n) is 7.29. The highest BCUT2D eigenvalue weighted by molar-refractivity contribution is 6.04. The summed E-state index contributed by atoms with van der Waals surface area (Å²) in [6.07, 6.45) is 2.45. The molecule has 2 aromatic rings. The predicted octanol–water partition coefficient (Wildman–Crippen LogP) is 2.81. The Morgan fingerprint density at radius 2 is 2.27 bits per heavy atom. The molecule has 1 aliphatic rings. The van der Waals surface area contributed by atoms with Gasteiger partial charge in [-0.3, -0.25) is 4.79 Å². The molecular formula is C17H18N2O3. The fourth-order valence-electron chi connectivity index (χ4n) is 2.29. The minimum absolute atomic E-state index is 0.0551. The largest absolute Gasteiger partial charge is 0.472 e. The number of benzene rings is 1. The number of aryl methyl sites for hydroxylation is 1. The highest BCUT2D eigenvalue weighted by Crippen LogP contribution is 2.16. The first kappa shape index (κ1) is 14.5. The van der Waals surface area contributed by atoms with E-state index in [1.807, 2.05) is 31.2 Å². The summed E-state index contributed by atoms with van der Waals surface area (Å²) in [5.41, 5.74) is 2.36. The number of hydrogen-bond donors (Lipinski definition) is 1. The highest BCUT2D eigenvalue weighted by Gasteiger charge is 2.17. The van der Waals surface area contributed by atoms with Crippen LogP contribution >= 0.6 is 0 Å². The second-order valence-electron chi connectivity index (χ2n) is 5.31. The first-order valence-corrected chi connectivity index (χ1v) is 7.29. The molecular weight excluding hydrogens is 280 g/mol. The van der Waals surface area contributed by atoms with Crippen LogP contribution in [0.25, 0.3) is 0 Å². The molecule has 114 valence electrons. The average Bonchev–Trinajstić information content (AvgIpc) is 3.01. The van der Waals surface area contributed by atoms with Crippen molar-refractivity contribution in [3.63, 3.8) is 0 Å². The van der Waals surface area contributed by atoms with E-state index in [1.54, 1.807) is 12.1 Å². The summed E-state index contributed by atoms with van der Waals surface area (Å²) < 4.78 is 10.9. The molecule has 1 atom stereocenters. The third-order valence-corrected chi connectivity index (χ3v) is 3.45. The molecule has 1 amide bonds. The minimum Gasteiger partial charge on any atom is -0.472 e. The Morgan fingerprint density at radius 3 is 2.95 bits per heavy atom. The smallest absolute Gasteiger partial charge is 0.257 e. The van der Waals surface area contributed by atoms with E-state index >= 15 is 0 Å². The van der Waals surface area contributed by atoms with Gasteiger partial charge in [0.2, 0.25) is 5.88 Å². The van der Waals surface area contributed by atoms with Crippen LogP contribution in [0.5, 0.6) is 5.88 Å². The average molecular weight is 298 g/mol. The molecule has 5 heteroatoms. The number of rotatable bonds is 4. The van der Waals surface area contributed by atoms with Crippen molar-refractivity contribution in [2.45, 2.75) is 19.4 Å². The lowest BCUT2D eigenvalue weighted by molar-refractivity contribution is 0.102. The lowest BCUT2D eigenvalue weighted by atomic mass is 10.2. The van der Waals surface area contributed by atoms with Crippen molar-refractivity contribution < 1.29 is 14.3 Å². The molecule has 0 saturated carbocycles. The number of carbonyl (C=O) groups is 1. The van der Waals surface area contributed by atoms with Gasteiger partial charge in [0.1, 0.15) is 6.10 Å². The Bertz CT molecular complexity index is 649. The number of nitrogens with one attached hydrogen (secondary N) is 1. The van der Waals surface area contributed by atoms with Gasteiger partial charge in [-0.25, -0.2) is 4.98 Å². The van der Waals surface area contributed by atoms with E-state index in [9.17, 15) is 4.79 Å². The monoisotopic (exact) mass is 298 g/mol. The summed E-state index contributed by atoms with van der Waals surface area (Å²) in [6.45, 7) is 3.30. The maximum absolute atomic E-state index is 12.2. The molecule has 1 aromatic heterocycles. The van der Waals surface area contributed by atoms with Gasteiger partial charge < -0.3 is 14.8 Å². The molecule has 1 aromatic carbocycles. The summed E-state index contributed by atoms with van der Waals surface area (Å²) in [6, 6.07) is 11.1. The zero-order chi connectivity index (χ0) is 15.4. The van der Waals surface area contributed by atoms with E-state index in [0.29, 0.717) is 18.1 Å². The third-order valence-electron chi connectivity index (χ3n) is 3.45. The van der Waals surface area contributed by atoms with Gasteiger partial charge in [0.25, 0.3) is 5.91 Å². The molecule has 1 saturated heterocycles. The molecule has 22 heavy (non-hydrogen) atoms. The van der Waals surface area contributed by atoms with Crippen LogP contribution in [0.4, 0.5) is 5.69 Å². The van der Waals surface area contributed by atoms with Gasteiger partial charge >= 0.3 is 0 Å². The number of nitrogens with zero attached hydrogens (tertiary/aromatic N) is 1. The number of pyridine rings is 1. The Kier molecular flexibility index (Phi) is 4.34. The van der Waals surface area contributed by atoms with Gasteiger partial charge in [-0.15, -0.1) is 0 Å². The van der Waals surface area contributed by atoms with Crippen molar-refractivity contribution in [3.05, 3.63) is 53.7 Å². The maximum atomic E-state index is 12.2. The molecule has 0 aliphatic carbocycles. The van der Waals surface area contributed by atoms with Gasteiger partial charge in [-0.2, -0.15) is 0 Å². The second-order valence-corrected chi connectivity index (χ2v) is 5.31. The van der Waals surface area contributed by atoms with E-state index in [4.69, 9.17) is 9.47 Å². The number of carbonyl (C=O) groups excluding carboxylic acids is 1. The van der Waals surface area contributed by atoms with Crippen LogP contribution in [0.1, 0.15) is 22.3 Å². The highest BCUT2D eigenvalue weighted by atomic mass is 16.5. The molecule has 1 fully saturated rings. The van der Waals surface area contributed by atoms with Gasteiger partial charge in [0, 0.05) is 24.4 Å². The van der Waals surface area contributed by atoms with Gasteiger partial charge in [0.15, 0.2) is 0 Å². The topological polar surface area (TPSA) is 60.5 Å². The Morgan fingerprint density at radius 1 is 1.36 bits per heavy atom. The van der Waals surface area contributed by atoms with E-state index in [0.717, 1.165) is 24.3 Å². The van der Waals surface area contributed by atoms with Crippen molar-refractivity contribution in [1.82, 2.24) is 4.98 Å². The fraction of sp³-hybridized carbons (Fsp3) is 0.294. The van der Waals surface area contributed by atoms with Crippen molar-refractivity contribution in [2.24, 2.45) is 0 Å². The number of ether oxygens (including phenoxy) is 2. The molecule has 0 spiro atoms. The van der Waals surface area contributed by atoms with E-state index in [-0.39, 0.29) is 12.0 Å². The van der Waals surface area contributed by atoms with Crippen molar-refractivity contribution in [3.8, 4) is 5.88 Å². The molecule has 0 radical (unpaired) electrons. The molecule has 2 heterocycles. The molecule has 1 N–H and O–H groups in total. The Hall–Kier alpha value is -2.40. The molecule has 3 rings (SSSR count). The fourth-order valence-corrected chi connectivity index (χ4v) is 2.29. The Labute approximate surface area is 129 Å². The van der Waals surface area contributed by atoms with Crippen LogP contribution in [-0.4, -0.2) is 30.2 Å². The van der Waals surface area contributed by atoms with Gasteiger partial charge in [-0.1, -0.05) is 12.1 Å². The quantitative estimate of drug-likeness (QED) is 0.943. The maximum Gasteiger partial charge on any atom is 0.257 e. The van der Waals surface area contributed by atoms with Gasteiger partial charge in [0.05, 0.1) is 18.8 Å². The summed E-state index contributed by atoms with van der Waals surface area (Å²) in [4.78, 5) is 16.4. The lowest BCUT2D eigenvalue weighted by Crippen LogP contribution is -2.17. The molecule has 0 bridgehead atoms. The summed E-state index contributed by atoms with van der Waals surface area (Å²) >= 11 is 0. The van der Waals surface area contributed by atoms with Crippen LogP contribution in [0, 0.1) is 6.92 Å². The number of amides is 1. The third kappa shape index (κ3) is 3.62. The minimum atomic E-state index is -0.186. The van der Waals surface area contributed by atoms with Crippen LogP contribution in [-0.2, 0) is 4.74 Å². The summed E-state index contributed by atoms with van der Waals surface area (Å²) in [5, 5.41) is 2.85. The van der Waals surface area contributed by atoms with Crippen LogP contribution in [0.3, 0.4) is 0 Å². The van der Waals surface area contributed by atoms with Crippen molar-refractivity contribution in [1.29, 1.82) is 0 Å². The Balaban J connectivity index is 1.63. The first-order chi connectivity index (χ1) is 10.7. The van der Waals surface area contributed by atoms with E-state index in [2.05, 4.69) is 10.3 Å². The molecule has 5 nitrogen and oxygen atoms in total. The zero-order valence-corrected chi connectivity index (χ0v) is 12.4. The van der Waals surface area contributed by atoms with Crippen LogP contribution < -0.4 is 10.1 Å². The second kappa shape index (κ2) is 6.58. The summed E-state index contributed by atoms with van der Waals surface area (Å²) in [5.74, 6) is 0.330. The van der Waals surface area contributed by atoms with Crippen molar-refractivity contribution >= 4 is 11.6 Å². The number of hydrogen-bond acceptors (Lipinski definition) is 4. The zero-order valence-electron chi connectivity index (χ0n) is 12.4. The van der Waals surface area contributed by atoms with E-state index in [1.165, 1.54) is 6.20 Å². The molecule has 1 unspecified atom stereocenters. The number of anilines is 1. The van der Waals surface area contributed by atoms with Crippen molar-refractivity contribution in [2.75, 3.05) is 18.5 Å². The van der Waals surface area contributed by atoms with Crippen LogP contribution in [0.15, 0.2) is 42.6 Å². The predicted molar refractivity (Wildman–Crippen MR) is 83.2 cm³/mol. The van der Waals surface area contributed by atoms with E-state index < -0.39 is 0 Å².